The summed E-state index contributed by atoms with van der Waals surface area (Å²) in [6, 6.07) is 5.61. The van der Waals surface area contributed by atoms with Gasteiger partial charge in [0.05, 0.1) is 6.20 Å². The first-order valence-electron chi connectivity index (χ1n) is 5.31. The lowest BCUT2D eigenvalue weighted by atomic mass is 10.3. The van der Waals surface area contributed by atoms with E-state index in [2.05, 4.69) is 25.3 Å². The van der Waals surface area contributed by atoms with E-state index in [9.17, 15) is 0 Å². The molecule has 0 aliphatic carbocycles. The Morgan fingerprint density at radius 3 is 2.89 bits per heavy atom. The van der Waals surface area contributed by atoms with Gasteiger partial charge in [-0.1, -0.05) is 11.2 Å². The Balaban J connectivity index is 2.02. The summed E-state index contributed by atoms with van der Waals surface area (Å²) in [6.45, 7) is 1.90. The second-order valence-corrected chi connectivity index (χ2v) is 3.78. The highest BCUT2D eigenvalue weighted by atomic mass is 16.5. The zero-order valence-electron chi connectivity index (χ0n) is 9.58. The standard InChI is InChI=1S/C11H10N6O/c1-6-3-2-4-8(14-6)10-15-11(18-17-10)7-5-13-16-9(7)12/h2-5H,1H3,(H3,12,13,16). The number of H-pyrrole nitrogens is 1. The molecule has 7 heteroatoms. The topological polar surface area (TPSA) is 107 Å². The van der Waals surface area contributed by atoms with Gasteiger partial charge in [0.1, 0.15) is 17.1 Å². The van der Waals surface area contributed by atoms with E-state index in [-0.39, 0.29) is 0 Å². The van der Waals surface area contributed by atoms with E-state index in [0.717, 1.165) is 5.69 Å². The van der Waals surface area contributed by atoms with Crippen molar-refractivity contribution in [1.82, 2.24) is 25.3 Å². The van der Waals surface area contributed by atoms with Crippen molar-refractivity contribution in [2.24, 2.45) is 0 Å². The van der Waals surface area contributed by atoms with Gasteiger partial charge >= 0.3 is 0 Å². The van der Waals surface area contributed by atoms with Gasteiger partial charge < -0.3 is 10.3 Å². The van der Waals surface area contributed by atoms with Crippen LogP contribution < -0.4 is 5.73 Å². The first kappa shape index (κ1) is 10.5. The molecule has 3 aromatic rings. The van der Waals surface area contributed by atoms with Crippen LogP contribution in [0.4, 0.5) is 5.82 Å². The van der Waals surface area contributed by atoms with Crippen molar-refractivity contribution in [3.63, 3.8) is 0 Å². The molecule has 3 heterocycles. The van der Waals surface area contributed by atoms with Gasteiger partial charge in [0.2, 0.25) is 5.82 Å². The van der Waals surface area contributed by atoms with Gasteiger partial charge in [-0.15, -0.1) is 0 Å². The molecular formula is C11H10N6O. The van der Waals surface area contributed by atoms with Crippen molar-refractivity contribution in [2.45, 2.75) is 6.92 Å². The lowest BCUT2D eigenvalue weighted by Crippen LogP contribution is -1.89. The fourth-order valence-electron chi connectivity index (χ4n) is 1.57. The second-order valence-electron chi connectivity index (χ2n) is 3.78. The molecule has 0 amide bonds. The molecule has 90 valence electrons. The Kier molecular flexibility index (Phi) is 2.30. The summed E-state index contributed by atoms with van der Waals surface area (Å²) in [5.74, 6) is 1.14. The molecule has 0 aliphatic heterocycles. The van der Waals surface area contributed by atoms with Gasteiger partial charge in [-0.25, -0.2) is 4.98 Å². The molecule has 0 aromatic carbocycles. The van der Waals surface area contributed by atoms with Crippen molar-refractivity contribution >= 4 is 5.82 Å². The number of nitrogens with zero attached hydrogens (tertiary/aromatic N) is 4. The average Bonchev–Trinajstić information content (AvgIpc) is 2.97. The van der Waals surface area contributed by atoms with Gasteiger partial charge in [0, 0.05) is 5.69 Å². The maximum atomic E-state index is 5.68. The Morgan fingerprint density at radius 2 is 2.17 bits per heavy atom. The van der Waals surface area contributed by atoms with Crippen molar-refractivity contribution in [2.75, 3.05) is 5.73 Å². The maximum Gasteiger partial charge on any atom is 0.263 e. The Morgan fingerprint density at radius 1 is 1.28 bits per heavy atom. The molecule has 3 N–H and O–H groups in total. The number of hydrogen-bond acceptors (Lipinski definition) is 6. The Hall–Kier alpha value is -2.70. The third kappa shape index (κ3) is 1.71. The van der Waals surface area contributed by atoms with E-state index in [1.807, 2.05) is 25.1 Å². The van der Waals surface area contributed by atoms with Crippen molar-refractivity contribution in [3.05, 3.63) is 30.1 Å². The van der Waals surface area contributed by atoms with E-state index < -0.39 is 0 Å². The fourth-order valence-corrected chi connectivity index (χ4v) is 1.57. The minimum absolute atomic E-state index is 0.319. The highest BCUT2D eigenvalue weighted by molar-refractivity contribution is 5.67. The Labute approximate surface area is 102 Å². The number of aromatic amines is 1. The molecule has 3 rings (SSSR count). The second kappa shape index (κ2) is 3.95. The lowest BCUT2D eigenvalue weighted by molar-refractivity contribution is 0.432. The summed E-state index contributed by atoms with van der Waals surface area (Å²) in [5.41, 5.74) is 7.82. The van der Waals surface area contributed by atoms with E-state index in [1.54, 1.807) is 0 Å². The van der Waals surface area contributed by atoms with Crippen LogP contribution in [0.3, 0.4) is 0 Å². The number of aryl methyl sites for hydroxylation is 1. The summed E-state index contributed by atoms with van der Waals surface area (Å²) < 4.78 is 5.14. The molecular weight excluding hydrogens is 232 g/mol. The fraction of sp³-hybridized carbons (Fsp3) is 0.0909. The number of nitrogens with two attached hydrogens (primary N) is 1. The van der Waals surface area contributed by atoms with E-state index in [4.69, 9.17) is 10.3 Å². The number of pyridine rings is 1. The molecule has 0 atom stereocenters. The summed E-state index contributed by atoms with van der Waals surface area (Å²) in [6.07, 6.45) is 1.54. The van der Waals surface area contributed by atoms with Crippen LogP contribution in [0, 0.1) is 6.92 Å². The first-order chi connectivity index (χ1) is 8.74. The number of anilines is 1. The summed E-state index contributed by atoms with van der Waals surface area (Å²) in [4.78, 5) is 8.57. The molecule has 0 saturated heterocycles. The molecule has 0 bridgehead atoms. The van der Waals surface area contributed by atoms with Gasteiger partial charge in [-0.05, 0) is 19.1 Å². The highest BCUT2D eigenvalue weighted by Crippen LogP contribution is 2.24. The zero-order chi connectivity index (χ0) is 12.5. The molecule has 7 nitrogen and oxygen atoms in total. The number of nitrogen functional groups attached to an aromatic ring is 1. The summed E-state index contributed by atoms with van der Waals surface area (Å²) >= 11 is 0. The average molecular weight is 242 g/mol. The van der Waals surface area contributed by atoms with Gasteiger partial charge in [0.15, 0.2) is 0 Å². The molecule has 0 aliphatic rings. The monoisotopic (exact) mass is 242 g/mol. The van der Waals surface area contributed by atoms with Crippen LogP contribution in [-0.2, 0) is 0 Å². The quantitative estimate of drug-likeness (QED) is 0.703. The SMILES string of the molecule is Cc1cccc(-c2noc(-c3cn[nH]c3N)n2)n1. The van der Waals surface area contributed by atoms with Crippen LogP contribution in [0.2, 0.25) is 0 Å². The van der Waals surface area contributed by atoms with Crippen LogP contribution in [0.1, 0.15) is 5.69 Å². The van der Waals surface area contributed by atoms with Crippen LogP contribution in [0.25, 0.3) is 23.0 Å². The van der Waals surface area contributed by atoms with Gasteiger partial charge in [-0.3, -0.25) is 5.10 Å². The smallest absolute Gasteiger partial charge is 0.263 e. The van der Waals surface area contributed by atoms with Crippen LogP contribution >= 0.6 is 0 Å². The minimum Gasteiger partial charge on any atom is -0.383 e. The lowest BCUT2D eigenvalue weighted by Gasteiger charge is -1.94. The Bertz CT molecular complexity index is 686. The molecule has 0 unspecified atom stereocenters. The third-order valence-electron chi connectivity index (χ3n) is 2.44. The van der Waals surface area contributed by atoms with Crippen molar-refractivity contribution in [1.29, 1.82) is 0 Å². The molecule has 0 saturated carbocycles. The predicted molar refractivity (Wildman–Crippen MR) is 64.3 cm³/mol. The van der Waals surface area contributed by atoms with Gasteiger partial charge in [0.25, 0.3) is 5.89 Å². The molecule has 0 radical (unpaired) electrons. The third-order valence-corrected chi connectivity index (χ3v) is 2.44. The number of nitrogens with one attached hydrogen (secondary N) is 1. The van der Waals surface area contributed by atoms with Gasteiger partial charge in [-0.2, -0.15) is 10.1 Å². The van der Waals surface area contributed by atoms with Crippen LogP contribution in [0.15, 0.2) is 28.9 Å². The zero-order valence-corrected chi connectivity index (χ0v) is 9.58. The largest absolute Gasteiger partial charge is 0.383 e. The minimum atomic E-state index is 0.319. The van der Waals surface area contributed by atoms with E-state index >= 15 is 0 Å². The number of hydrogen-bond donors (Lipinski definition) is 2. The molecule has 18 heavy (non-hydrogen) atoms. The number of aromatic nitrogens is 5. The maximum absolute atomic E-state index is 5.68. The highest BCUT2D eigenvalue weighted by Gasteiger charge is 2.14. The normalized spacial score (nSPS) is 10.7. The molecule has 0 spiro atoms. The summed E-state index contributed by atoms with van der Waals surface area (Å²) in [5, 5.41) is 10.3. The van der Waals surface area contributed by atoms with Crippen molar-refractivity contribution < 1.29 is 4.52 Å². The van der Waals surface area contributed by atoms with Crippen molar-refractivity contribution in [3.8, 4) is 23.0 Å². The first-order valence-corrected chi connectivity index (χ1v) is 5.31. The summed E-state index contributed by atoms with van der Waals surface area (Å²) in [7, 11) is 0. The van der Waals surface area contributed by atoms with E-state index in [1.165, 1.54) is 6.20 Å². The molecule has 3 aromatic heterocycles. The van der Waals surface area contributed by atoms with Crippen LogP contribution in [-0.4, -0.2) is 25.3 Å². The van der Waals surface area contributed by atoms with E-state index in [0.29, 0.717) is 28.8 Å². The molecule has 0 fully saturated rings. The number of rotatable bonds is 2. The van der Waals surface area contributed by atoms with Crippen LogP contribution in [0.5, 0.6) is 0 Å². The predicted octanol–water partition coefficient (Wildman–Crippen LogP) is 1.41.